The zero-order valence-electron chi connectivity index (χ0n) is 12.5. The maximum absolute atomic E-state index is 12.3. The molecule has 0 atom stereocenters. The fourth-order valence-electron chi connectivity index (χ4n) is 2.46. The van der Waals surface area contributed by atoms with E-state index in [1.807, 2.05) is 18.2 Å². The monoisotopic (exact) mass is 343 g/mol. The van der Waals surface area contributed by atoms with Crippen LogP contribution in [0.3, 0.4) is 0 Å². The Labute approximate surface area is 140 Å². The van der Waals surface area contributed by atoms with Crippen LogP contribution in [-0.4, -0.2) is 28.5 Å². The zero-order chi connectivity index (χ0) is 16.5. The van der Waals surface area contributed by atoms with Crippen LogP contribution in [0.4, 0.5) is 0 Å². The number of rotatable bonds is 3. The van der Waals surface area contributed by atoms with Crippen LogP contribution < -0.4 is 20.3 Å². The molecule has 1 aromatic carbocycles. The minimum Gasteiger partial charge on any atom is -0.486 e. The topological polar surface area (TPSA) is 81.9 Å². The third-order valence-corrected chi connectivity index (χ3v) is 4.42. The number of fused-ring (bicyclic) bond motifs is 2. The lowest BCUT2D eigenvalue weighted by atomic mass is 10.2. The van der Waals surface area contributed by atoms with Crippen LogP contribution in [0.25, 0.3) is 4.96 Å². The average Bonchev–Trinajstić information content (AvgIpc) is 3.09. The smallest absolute Gasteiger partial charge is 0.271 e. The molecule has 1 aliphatic heterocycles. The molecule has 3 aromatic rings. The Morgan fingerprint density at radius 2 is 2.12 bits per heavy atom. The van der Waals surface area contributed by atoms with Crippen LogP contribution in [0.2, 0.25) is 0 Å². The van der Waals surface area contributed by atoms with Crippen molar-refractivity contribution in [3.05, 3.63) is 57.5 Å². The van der Waals surface area contributed by atoms with E-state index in [2.05, 4.69) is 10.3 Å². The van der Waals surface area contributed by atoms with Crippen LogP contribution >= 0.6 is 11.3 Å². The van der Waals surface area contributed by atoms with E-state index in [9.17, 15) is 9.59 Å². The summed E-state index contributed by atoms with van der Waals surface area (Å²) in [7, 11) is 0. The number of carbonyl (C=O) groups is 1. The molecular weight excluding hydrogens is 330 g/mol. The van der Waals surface area contributed by atoms with E-state index in [-0.39, 0.29) is 17.7 Å². The van der Waals surface area contributed by atoms with E-state index < -0.39 is 5.91 Å². The van der Waals surface area contributed by atoms with Gasteiger partial charge < -0.3 is 14.8 Å². The van der Waals surface area contributed by atoms with Crippen LogP contribution in [0.5, 0.6) is 11.5 Å². The van der Waals surface area contributed by atoms with Crippen molar-refractivity contribution >= 4 is 22.2 Å². The van der Waals surface area contributed by atoms with E-state index in [4.69, 9.17) is 9.47 Å². The van der Waals surface area contributed by atoms with Gasteiger partial charge in [-0.3, -0.25) is 14.0 Å². The van der Waals surface area contributed by atoms with Gasteiger partial charge in [-0.2, -0.15) is 0 Å². The molecule has 4 rings (SSSR count). The van der Waals surface area contributed by atoms with Crippen molar-refractivity contribution in [3.63, 3.8) is 0 Å². The number of carbonyl (C=O) groups excluding carboxylic acids is 1. The average molecular weight is 343 g/mol. The minimum atomic E-state index is -0.456. The number of amides is 1. The standard InChI is InChI=1S/C16H13N3O4S/c20-14(11-9-18-16-19(15(11)21)3-6-24-16)17-8-10-1-2-12-13(7-10)23-5-4-22-12/h1-3,6-7,9H,4-5,8H2,(H,17,20). The van der Waals surface area contributed by atoms with Gasteiger partial charge in [0.25, 0.3) is 11.5 Å². The normalized spacial score (nSPS) is 13.0. The van der Waals surface area contributed by atoms with E-state index in [1.54, 1.807) is 11.6 Å². The fourth-order valence-corrected chi connectivity index (χ4v) is 3.13. The Morgan fingerprint density at radius 3 is 3.00 bits per heavy atom. The quantitative estimate of drug-likeness (QED) is 0.778. The molecule has 0 aliphatic carbocycles. The van der Waals surface area contributed by atoms with Gasteiger partial charge in [0.05, 0.1) is 0 Å². The summed E-state index contributed by atoms with van der Waals surface area (Å²) in [4.78, 5) is 29.2. The molecule has 0 saturated heterocycles. The molecular formula is C16H13N3O4S. The van der Waals surface area contributed by atoms with Crippen molar-refractivity contribution in [2.75, 3.05) is 13.2 Å². The number of aromatic nitrogens is 2. The van der Waals surface area contributed by atoms with Crippen molar-refractivity contribution in [3.8, 4) is 11.5 Å². The molecule has 1 aliphatic rings. The van der Waals surface area contributed by atoms with E-state index >= 15 is 0 Å². The second-order valence-corrected chi connectivity index (χ2v) is 6.07. The Hall–Kier alpha value is -2.87. The first-order valence-corrected chi connectivity index (χ1v) is 8.22. The third kappa shape index (κ3) is 2.61. The highest BCUT2D eigenvalue weighted by molar-refractivity contribution is 7.15. The van der Waals surface area contributed by atoms with Crippen molar-refractivity contribution in [1.82, 2.24) is 14.7 Å². The molecule has 122 valence electrons. The number of benzene rings is 1. The lowest BCUT2D eigenvalue weighted by Gasteiger charge is -2.18. The minimum absolute atomic E-state index is 0.0171. The second kappa shape index (κ2) is 5.97. The lowest BCUT2D eigenvalue weighted by Crippen LogP contribution is -2.30. The van der Waals surface area contributed by atoms with Crippen LogP contribution in [0.1, 0.15) is 15.9 Å². The SMILES string of the molecule is O=C(NCc1ccc2c(c1)OCCO2)c1cnc2sccn2c1=O. The van der Waals surface area contributed by atoms with Gasteiger partial charge in [0.15, 0.2) is 16.5 Å². The Morgan fingerprint density at radius 1 is 1.29 bits per heavy atom. The molecule has 0 fully saturated rings. The van der Waals surface area contributed by atoms with E-state index in [0.717, 1.165) is 5.56 Å². The molecule has 1 N–H and O–H groups in total. The molecule has 0 unspecified atom stereocenters. The first-order chi connectivity index (χ1) is 11.7. The number of thiazole rings is 1. The number of nitrogens with one attached hydrogen (secondary N) is 1. The Balaban J connectivity index is 1.51. The molecule has 1 amide bonds. The predicted molar refractivity (Wildman–Crippen MR) is 87.9 cm³/mol. The molecule has 0 bridgehead atoms. The van der Waals surface area contributed by atoms with Crippen molar-refractivity contribution in [2.45, 2.75) is 6.54 Å². The van der Waals surface area contributed by atoms with Gasteiger partial charge in [-0.05, 0) is 17.7 Å². The highest BCUT2D eigenvalue weighted by Crippen LogP contribution is 2.30. The number of hydrogen-bond acceptors (Lipinski definition) is 6. The molecule has 24 heavy (non-hydrogen) atoms. The van der Waals surface area contributed by atoms with Gasteiger partial charge in [-0.25, -0.2) is 4.98 Å². The lowest BCUT2D eigenvalue weighted by molar-refractivity contribution is 0.0948. The number of hydrogen-bond donors (Lipinski definition) is 1. The van der Waals surface area contributed by atoms with Gasteiger partial charge in [0, 0.05) is 24.3 Å². The molecule has 3 heterocycles. The third-order valence-electron chi connectivity index (χ3n) is 3.65. The summed E-state index contributed by atoms with van der Waals surface area (Å²) >= 11 is 1.34. The Kier molecular flexibility index (Phi) is 3.66. The van der Waals surface area contributed by atoms with Crippen molar-refractivity contribution < 1.29 is 14.3 Å². The zero-order valence-corrected chi connectivity index (χ0v) is 13.3. The van der Waals surface area contributed by atoms with Gasteiger partial charge in [0.2, 0.25) is 0 Å². The van der Waals surface area contributed by atoms with Crippen molar-refractivity contribution in [2.24, 2.45) is 0 Å². The first kappa shape index (κ1) is 14.7. The van der Waals surface area contributed by atoms with Crippen LogP contribution in [0, 0.1) is 0 Å². The maximum atomic E-state index is 12.3. The summed E-state index contributed by atoms with van der Waals surface area (Å²) in [6.07, 6.45) is 2.92. The van der Waals surface area contributed by atoms with E-state index in [1.165, 1.54) is 21.9 Å². The molecule has 2 aromatic heterocycles. The highest BCUT2D eigenvalue weighted by atomic mass is 32.1. The van der Waals surface area contributed by atoms with Crippen LogP contribution in [0.15, 0.2) is 40.8 Å². The molecule has 0 spiro atoms. The van der Waals surface area contributed by atoms with Gasteiger partial charge in [-0.15, -0.1) is 11.3 Å². The Bertz CT molecular complexity index is 979. The van der Waals surface area contributed by atoms with Crippen LogP contribution in [-0.2, 0) is 6.54 Å². The molecule has 0 radical (unpaired) electrons. The molecule has 8 heteroatoms. The summed E-state index contributed by atoms with van der Waals surface area (Å²) in [5.74, 6) is 0.902. The summed E-state index contributed by atoms with van der Waals surface area (Å²) in [6.45, 7) is 1.32. The highest BCUT2D eigenvalue weighted by Gasteiger charge is 2.15. The maximum Gasteiger partial charge on any atom is 0.271 e. The second-order valence-electron chi connectivity index (χ2n) is 5.19. The summed E-state index contributed by atoms with van der Waals surface area (Å²) in [5.41, 5.74) is 0.502. The van der Waals surface area contributed by atoms with Gasteiger partial charge >= 0.3 is 0 Å². The van der Waals surface area contributed by atoms with Gasteiger partial charge in [-0.1, -0.05) is 6.07 Å². The largest absolute Gasteiger partial charge is 0.486 e. The van der Waals surface area contributed by atoms with Gasteiger partial charge in [0.1, 0.15) is 18.8 Å². The summed E-state index contributed by atoms with van der Waals surface area (Å²) in [6, 6.07) is 5.48. The predicted octanol–water partition coefficient (Wildman–Crippen LogP) is 1.46. The fraction of sp³-hybridized carbons (Fsp3) is 0.188. The summed E-state index contributed by atoms with van der Waals surface area (Å²) in [5, 5.41) is 4.49. The number of ether oxygens (including phenoxy) is 2. The molecule has 0 saturated carbocycles. The van der Waals surface area contributed by atoms with E-state index in [0.29, 0.717) is 29.7 Å². The summed E-state index contributed by atoms with van der Waals surface area (Å²) < 4.78 is 12.3. The molecule has 7 nitrogen and oxygen atoms in total. The first-order valence-electron chi connectivity index (χ1n) is 7.34. The number of nitrogens with zero attached hydrogens (tertiary/aromatic N) is 2. The van der Waals surface area contributed by atoms with Crippen molar-refractivity contribution in [1.29, 1.82) is 0 Å².